The highest BCUT2D eigenvalue weighted by Gasteiger charge is 2.27. The second-order valence-electron chi connectivity index (χ2n) is 23.4. The van der Waals surface area contributed by atoms with Gasteiger partial charge in [-0.15, -0.1) is 0 Å². The molecule has 0 bridgehead atoms. The quantitative estimate of drug-likeness (QED) is 0.0211. The summed E-state index contributed by atoms with van der Waals surface area (Å²) in [6.45, 7) is 4.21. The number of esters is 2. The number of phosphoric acid groups is 1. The van der Waals surface area contributed by atoms with E-state index in [1.165, 1.54) is 128 Å². The minimum atomic E-state index is -4.40. The first-order valence-electron chi connectivity index (χ1n) is 33.9. The van der Waals surface area contributed by atoms with Crippen molar-refractivity contribution in [2.24, 2.45) is 0 Å². The number of phosphoric ester groups is 1. The number of ether oxygens (including phenoxy) is 2. The van der Waals surface area contributed by atoms with Crippen molar-refractivity contribution in [3.8, 4) is 0 Å². The zero-order chi connectivity index (χ0) is 61.2. The molecular weight excluding hydrogens is 1060 g/mol. The van der Waals surface area contributed by atoms with Crippen LogP contribution in [0.25, 0.3) is 0 Å². The SMILES string of the molecule is CC/C=C\C/C=C\C/C=C\C/C=C\C/C=C\C/C=C\CCCCCCCCCCCCCCC(=O)OC(COC(=O)CCCCCCCCCCCCCCC/C=C\C/C=C\C/C=C\C/C=C\C/C=C\CC)COP(=O)(O)OCC[N+](C)(C)C. The molecule has 0 spiro atoms. The van der Waals surface area contributed by atoms with Crippen molar-refractivity contribution >= 4 is 19.8 Å². The summed E-state index contributed by atoms with van der Waals surface area (Å²) in [5.74, 6) is -0.802. The van der Waals surface area contributed by atoms with Crippen LogP contribution in [-0.4, -0.2) is 74.9 Å². The molecule has 0 saturated carbocycles. The molecule has 2 unspecified atom stereocenters. The molecule has 0 aromatic rings. The topological polar surface area (TPSA) is 108 Å². The Hall–Kier alpha value is -3.85. The molecule has 2 atom stereocenters. The summed E-state index contributed by atoms with van der Waals surface area (Å²) in [7, 11) is 1.47. The number of nitrogens with zero attached hydrogens (tertiary/aromatic N) is 1. The lowest BCUT2D eigenvalue weighted by Crippen LogP contribution is -2.37. The Morgan fingerprint density at radius 3 is 0.952 bits per heavy atom. The van der Waals surface area contributed by atoms with Crippen molar-refractivity contribution in [1.29, 1.82) is 0 Å². The van der Waals surface area contributed by atoms with Gasteiger partial charge in [0, 0.05) is 12.8 Å². The van der Waals surface area contributed by atoms with Crippen molar-refractivity contribution < 1.29 is 42.1 Å². The number of unbranched alkanes of at least 4 members (excludes halogenated alkanes) is 25. The van der Waals surface area contributed by atoms with Crippen LogP contribution < -0.4 is 0 Å². The molecule has 0 aromatic heterocycles. The maximum Gasteiger partial charge on any atom is 0.472 e. The van der Waals surface area contributed by atoms with Crippen LogP contribution in [0.4, 0.5) is 0 Å². The summed E-state index contributed by atoms with van der Waals surface area (Å²) in [6.07, 6.45) is 92.5. The third-order valence-corrected chi connectivity index (χ3v) is 15.2. The van der Waals surface area contributed by atoms with Crippen LogP contribution in [0.1, 0.15) is 271 Å². The lowest BCUT2D eigenvalue weighted by atomic mass is 10.0. The third-order valence-electron chi connectivity index (χ3n) is 14.2. The summed E-state index contributed by atoms with van der Waals surface area (Å²) in [6, 6.07) is 0. The van der Waals surface area contributed by atoms with E-state index in [4.69, 9.17) is 18.5 Å². The van der Waals surface area contributed by atoms with Crippen molar-refractivity contribution in [3.05, 3.63) is 134 Å². The van der Waals surface area contributed by atoms with E-state index in [2.05, 4.69) is 148 Å². The van der Waals surface area contributed by atoms with Crippen LogP contribution in [0.2, 0.25) is 0 Å². The molecule has 84 heavy (non-hydrogen) atoms. The molecule has 0 amide bonds. The Morgan fingerprint density at radius 1 is 0.369 bits per heavy atom. The summed E-state index contributed by atoms with van der Waals surface area (Å²) < 4.78 is 34.7. The summed E-state index contributed by atoms with van der Waals surface area (Å²) in [5.41, 5.74) is 0. The van der Waals surface area contributed by atoms with Gasteiger partial charge < -0.3 is 18.9 Å². The molecule has 0 aliphatic carbocycles. The monoisotopic (exact) mass is 1190 g/mol. The molecule has 0 saturated heterocycles. The second kappa shape index (κ2) is 63.6. The summed E-state index contributed by atoms with van der Waals surface area (Å²) in [5, 5.41) is 0. The zero-order valence-electron chi connectivity index (χ0n) is 54.6. The molecule has 0 fully saturated rings. The second-order valence-corrected chi connectivity index (χ2v) is 24.9. The smallest absolute Gasteiger partial charge is 0.462 e. The van der Waals surface area contributed by atoms with E-state index in [1.54, 1.807) is 0 Å². The van der Waals surface area contributed by atoms with E-state index in [0.29, 0.717) is 17.4 Å². The Labute approximate surface area is 517 Å². The molecule has 0 aromatic carbocycles. The van der Waals surface area contributed by atoms with Gasteiger partial charge in [-0.3, -0.25) is 18.6 Å². The number of likely N-dealkylation sites (N-methyl/N-ethyl adjacent to an activating group) is 1. The molecule has 0 rings (SSSR count). The number of carbonyl (C=O) groups is 2. The molecule has 0 aliphatic heterocycles. The number of quaternary nitrogens is 1. The average molecular weight is 1190 g/mol. The van der Waals surface area contributed by atoms with Gasteiger partial charge in [0.2, 0.25) is 0 Å². The number of rotatable bonds is 61. The van der Waals surface area contributed by atoms with Crippen LogP contribution in [0.5, 0.6) is 0 Å². The van der Waals surface area contributed by atoms with Gasteiger partial charge >= 0.3 is 19.8 Å². The van der Waals surface area contributed by atoms with Gasteiger partial charge in [-0.05, 0) is 109 Å². The lowest BCUT2D eigenvalue weighted by molar-refractivity contribution is -0.870. The fourth-order valence-corrected chi connectivity index (χ4v) is 9.79. The number of hydrogen-bond acceptors (Lipinski definition) is 7. The third kappa shape index (κ3) is 67.3. The summed E-state index contributed by atoms with van der Waals surface area (Å²) in [4.78, 5) is 35.9. The van der Waals surface area contributed by atoms with Crippen molar-refractivity contribution in [1.82, 2.24) is 0 Å². The maximum absolute atomic E-state index is 12.9. The van der Waals surface area contributed by atoms with Crippen molar-refractivity contribution in [2.45, 2.75) is 277 Å². The van der Waals surface area contributed by atoms with Gasteiger partial charge in [0.25, 0.3) is 0 Å². The Morgan fingerprint density at radius 2 is 0.643 bits per heavy atom. The van der Waals surface area contributed by atoms with E-state index in [-0.39, 0.29) is 32.0 Å². The van der Waals surface area contributed by atoms with Gasteiger partial charge in [-0.25, -0.2) is 4.57 Å². The molecule has 480 valence electrons. The molecule has 10 heteroatoms. The highest BCUT2D eigenvalue weighted by atomic mass is 31.2. The minimum Gasteiger partial charge on any atom is -0.462 e. The highest BCUT2D eigenvalue weighted by molar-refractivity contribution is 7.47. The Bertz CT molecular complexity index is 1880. The van der Waals surface area contributed by atoms with Gasteiger partial charge in [0.05, 0.1) is 27.7 Å². The zero-order valence-corrected chi connectivity index (χ0v) is 55.5. The molecule has 0 aliphatic rings. The van der Waals surface area contributed by atoms with Crippen LogP contribution in [0.15, 0.2) is 134 Å². The first-order chi connectivity index (χ1) is 41.0. The average Bonchev–Trinajstić information content (AvgIpc) is 3.61. The van der Waals surface area contributed by atoms with Crippen LogP contribution in [0.3, 0.4) is 0 Å². The van der Waals surface area contributed by atoms with E-state index >= 15 is 0 Å². The highest BCUT2D eigenvalue weighted by Crippen LogP contribution is 2.43. The molecule has 1 N–H and O–H groups in total. The molecule has 0 heterocycles. The molecule has 9 nitrogen and oxygen atoms in total. The Kier molecular flexibility index (Phi) is 60.7. The van der Waals surface area contributed by atoms with E-state index in [1.807, 2.05) is 21.1 Å². The van der Waals surface area contributed by atoms with Gasteiger partial charge in [0.15, 0.2) is 6.10 Å². The van der Waals surface area contributed by atoms with Gasteiger partial charge in [-0.1, -0.05) is 282 Å². The fourth-order valence-electron chi connectivity index (χ4n) is 9.05. The van der Waals surface area contributed by atoms with Crippen LogP contribution in [-0.2, 0) is 32.7 Å². The van der Waals surface area contributed by atoms with Crippen LogP contribution >= 0.6 is 7.82 Å². The Balaban J connectivity index is 4.10. The minimum absolute atomic E-state index is 0.0257. The normalized spacial score (nSPS) is 14.0. The van der Waals surface area contributed by atoms with E-state index < -0.39 is 26.5 Å². The molecule has 0 radical (unpaired) electrons. The van der Waals surface area contributed by atoms with Crippen LogP contribution in [0, 0.1) is 0 Å². The van der Waals surface area contributed by atoms with E-state index in [0.717, 1.165) is 109 Å². The number of allylic oxidation sites excluding steroid dienone is 22. The number of carbonyl (C=O) groups excluding carboxylic acids is 2. The fraction of sp³-hybridized carbons (Fsp3) is 0.676. The molecular formula is C74H127NO8P+. The predicted molar refractivity (Wildman–Crippen MR) is 362 cm³/mol. The lowest BCUT2D eigenvalue weighted by Gasteiger charge is -2.24. The number of hydrogen-bond donors (Lipinski definition) is 1. The van der Waals surface area contributed by atoms with Gasteiger partial charge in [-0.2, -0.15) is 0 Å². The largest absolute Gasteiger partial charge is 0.472 e. The maximum atomic E-state index is 12.9. The predicted octanol–water partition coefficient (Wildman–Crippen LogP) is 22.0. The standard InChI is InChI=1S/C74H126NO8P/c1-6-8-10-12-14-16-18-20-22-24-26-28-30-32-34-36-37-39-41-43-45-47-49-51-53-55-57-59-61-63-65-67-74(77)83-72(71-82-84(78,79)81-69-68-75(3,4)5)70-80-73(76)66-64-62-60-58-56-54-52-50-48-46-44-42-40-38-35-33-31-29-27-25-23-21-19-17-15-13-11-9-7-2/h8-11,14-17,20-23,26-29,32-35,37,39,72H,6-7,12-13,18-19,24-25,30-31,36,38,40-71H2,1-5H3/p+1/b10-8-,11-9-,16-14-,17-15-,22-20-,23-21-,28-26-,29-27-,34-32-,35-33-,39-37-. The van der Waals surface area contributed by atoms with Gasteiger partial charge in [0.1, 0.15) is 19.8 Å². The first kappa shape index (κ1) is 80.2. The summed E-state index contributed by atoms with van der Waals surface area (Å²) >= 11 is 0. The van der Waals surface area contributed by atoms with Crippen molar-refractivity contribution in [2.75, 3.05) is 47.5 Å². The van der Waals surface area contributed by atoms with Crippen molar-refractivity contribution in [3.63, 3.8) is 0 Å². The van der Waals surface area contributed by atoms with E-state index in [9.17, 15) is 19.0 Å². The first-order valence-corrected chi connectivity index (χ1v) is 35.4.